The lowest BCUT2D eigenvalue weighted by Crippen LogP contribution is -1.94. The van der Waals surface area contributed by atoms with Gasteiger partial charge in [-0.15, -0.1) is 0 Å². The highest BCUT2D eigenvalue weighted by molar-refractivity contribution is 5.74. The largest absolute Gasteiger partial charge is 0.479 e. The zero-order valence-corrected chi connectivity index (χ0v) is 10.5. The molecule has 0 aliphatic carbocycles. The van der Waals surface area contributed by atoms with Gasteiger partial charge in [0, 0.05) is 24.2 Å². The van der Waals surface area contributed by atoms with Gasteiger partial charge in [0.2, 0.25) is 11.8 Å². The molecule has 2 aromatic rings. The lowest BCUT2D eigenvalue weighted by molar-refractivity contribution is 0.111. The second kappa shape index (κ2) is 7.52. The Morgan fingerprint density at radius 1 is 1.10 bits per heavy atom. The number of nitrogen functional groups attached to an aromatic ring is 1. The monoisotopic (exact) mass is 278 g/mol. The van der Waals surface area contributed by atoms with Gasteiger partial charge in [0.05, 0.1) is 12.7 Å². The van der Waals surface area contributed by atoms with Gasteiger partial charge in [-0.2, -0.15) is 0 Å². The van der Waals surface area contributed by atoms with Crippen molar-refractivity contribution < 1.29 is 18.7 Å². The molecule has 20 heavy (non-hydrogen) atoms. The highest BCUT2D eigenvalue weighted by Crippen LogP contribution is 2.12. The summed E-state index contributed by atoms with van der Waals surface area (Å²) in [5, 5.41) is 0. The van der Waals surface area contributed by atoms with E-state index in [-0.39, 0.29) is 17.4 Å². The molecule has 0 fully saturated rings. The number of rotatable bonds is 3. The number of halogens is 1. The zero-order chi connectivity index (χ0) is 15.0. The minimum Gasteiger partial charge on any atom is -0.479 e. The van der Waals surface area contributed by atoms with Gasteiger partial charge in [-0.25, -0.2) is 19.3 Å². The van der Waals surface area contributed by atoms with Crippen LogP contribution in [-0.4, -0.2) is 34.6 Å². The van der Waals surface area contributed by atoms with Gasteiger partial charge in [0.25, 0.3) is 0 Å². The molecule has 8 heteroatoms. The third-order valence-corrected chi connectivity index (χ3v) is 1.99. The summed E-state index contributed by atoms with van der Waals surface area (Å²) >= 11 is 0. The topological polar surface area (TPSA) is 108 Å². The summed E-state index contributed by atoms with van der Waals surface area (Å²) in [5.41, 5.74) is 5.78. The Bertz CT molecular complexity index is 590. The molecule has 2 N–H and O–H groups in total. The zero-order valence-electron chi connectivity index (χ0n) is 10.5. The number of anilines is 1. The average molecular weight is 278 g/mol. The van der Waals surface area contributed by atoms with Crippen molar-refractivity contribution in [1.29, 1.82) is 0 Å². The van der Waals surface area contributed by atoms with Crippen LogP contribution < -0.4 is 10.5 Å². The van der Waals surface area contributed by atoms with E-state index in [1.807, 2.05) is 0 Å². The standard InChI is InChI=1S/C7H6FNO2.C5H5N3O/c1-11-7-6(8)2-5(4-10)3-9-7;6-5-7-1-4(3-9)2-8-5/h2-4H,1H3;1-3H,(H2,6,7,8). The molecule has 0 saturated heterocycles. The van der Waals surface area contributed by atoms with Gasteiger partial charge in [0.15, 0.2) is 18.4 Å². The summed E-state index contributed by atoms with van der Waals surface area (Å²) in [4.78, 5) is 30.8. The normalized spacial score (nSPS) is 9.10. The predicted molar refractivity (Wildman–Crippen MR) is 68.0 cm³/mol. The number of nitrogens with two attached hydrogens (primary N) is 1. The number of aromatic nitrogens is 3. The molecule has 2 aromatic heterocycles. The van der Waals surface area contributed by atoms with Crippen molar-refractivity contribution in [2.24, 2.45) is 0 Å². The Morgan fingerprint density at radius 2 is 1.65 bits per heavy atom. The predicted octanol–water partition coefficient (Wildman–Crippen LogP) is 0.913. The second-order valence-corrected chi connectivity index (χ2v) is 3.37. The molecule has 0 unspecified atom stereocenters. The van der Waals surface area contributed by atoms with Gasteiger partial charge < -0.3 is 10.5 Å². The number of methoxy groups -OCH3 is 1. The Kier molecular flexibility index (Phi) is 5.70. The second-order valence-electron chi connectivity index (χ2n) is 3.37. The summed E-state index contributed by atoms with van der Waals surface area (Å²) in [6.45, 7) is 0. The quantitative estimate of drug-likeness (QED) is 0.831. The summed E-state index contributed by atoms with van der Waals surface area (Å²) in [6, 6.07) is 1.07. The summed E-state index contributed by atoms with van der Waals surface area (Å²) in [6.07, 6.45) is 5.18. The molecule has 2 rings (SSSR count). The van der Waals surface area contributed by atoms with Gasteiger partial charge in [0.1, 0.15) is 0 Å². The number of aldehydes is 2. The van der Waals surface area contributed by atoms with E-state index in [0.29, 0.717) is 18.1 Å². The fourth-order valence-corrected chi connectivity index (χ4v) is 1.06. The first-order valence-electron chi connectivity index (χ1n) is 5.28. The van der Waals surface area contributed by atoms with Crippen LogP contribution in [0.3, 0.4) is 0 Å². The smallest absolute Gasteiger partial charge is 0.250 e. The lowest BCUT2D eigenvalue weighted by atomic mass is 10.3. The highest BCUT2D eigenvalue weighted by Gasteiger charge is 2.03. The molecule has 0 saturated carbocycles. The van der Waals surface area contributed by atoms with E-state index >= 15 is 0 Å². The number of carbonyl (C=O) groups is 2. The molecule has 2 heterocycles. The van der Waals surface area contributed by atoms with Crippen LogP contribution in [0.4, 0.5) is 10.3 Å². The first-order chi connectivity index (χ1) is 9.60. The van der Waals surface area contributed by atoms with E-state index in [0.717, 1.165) is 6.07 Å². The maximum Gasteiger partial charge on any atom is 0.250 e. The molecule has 0 aromatic carbocycles. The van der Waals surface area contributed by atoms with Crippen molar-refractivity contribution in [2.75, 3.05) is 12.8 Å². The van der Waals surface area contributed by atoms with Gasteiger partial charge in [-0.05, 0) is 6.07 Å². The number of pyridine rings is 1. The number of hydrogen-bond acceptors (Lipinski definition) is 7. The van der Waals surface area contributed by atoms with Crippen LogP contribution in [-0.2, 0) is 0 Å². The number of hydrogen-bond donors (Lipinski definition) is 1. The van der Waals surface area contributed by atoms with Crippen LogP contribution in [0.15, 0.2) is 24.7 Å². The summed E-state index contributed by atoms with van der Waals surface area (Å²) in [5.74, 6) is -0.548. The molecule has 0 aliphatic heterocycles. The third kappa shape index (κ3) is 4.41. The van der Waals surface area contributed by atoms with Crippen molar-refractivity contribution in [3.05, 3.63) is 41.6 Å². The fraction of sp³-hybridized carbons (Fsp3) is 0.0833. The maximum absolute atomic E-state index is 12.7. The van der Waals surface area contributed by atoms with Crippen molar-refractivity contribution in [1.82, 2.24) is 15.0 Å². The molecule has 104 valence electrons. The van der Waals surface area contributed by atoms with Crippen molar-refractivity contribution in [3.8, 4) is 5.88 Å². The summed E-state index contributed by atoms with van der Waals surface area (Å²) in [7, 11) is 1.31. The Hall–Kier alpha value is -2.90. The number of nitrogens with zero attached hydrogens (tertiary/aromatic N) is 3. The van der Waals surface area contributed by atoms with E-state index in [2.05, 4.69) is 19.7 Å². The molecule has 0 radical (unpaired) electrons. The van der Waals surface area contributed by atoms with Crippen LogP contribution in [0.1, 0.15) is 20.7 Å². The highest BCUT2D eigenvalue weighted by atomic mass is 19.1. The minimum absolute atomic E-state index is 0.101. The molecule has 0 spiro atoms. The van der Waals surface area contributed by atoms with Crippen molar-refractivity contribution in [3.63, 3.8) is 0 Å². The fourth-order valence-electron chi connectivity index (χ4n) is 1.06. The van der Waals surface area contributed by atoms with E-state index in [1.165, 1.54) is 25.7 Å². The number of ether oxygens (including phenoxy) is 1. The maximum atomic E-state index is 12.7. The Morgan fingerprint density at radius 3 is 2.10 bits per heavy atom. The number of carbonyl (C=O) groups excluding carboxylic acids is 2. The average Bonchev–Trinajstić information content (AvgIpc) is 2.48. The van der Waals surface area contributed by atoms with Crippen LogP contribution in [0.2, 0.25) is 0 Å². The third-order valence-electron chi connectivity index (χ3n) is 1.99. The molecular weight excluding hydrogens is 267 g/mol. The Labute approximate surface area is 113 Å². The van der Waals surface area contributed by atoms with E-state index < -0.39 is 5.82 Å². The van der Waals surface area contributed by atoms with Crippen LogP contribution in [0.25, 0.3) is 0 Å². The van der Waals surface area contributed by atoms with Crippen molar-refractivity contribution >= 4 is 18.5 Å². The SMILES string of the molecule is COc1ncc(C=O)cc1F.Nc1ncc(C=O)cn1. The molecule has 0 amide bonds. The van der Waals surface area contributed by atoms with Crippen molar-refractivity contribution in [2.45, 2.75) is 0 Å². The summed E-state index contributed by atoms with van der Waals surface area (Å²) < 4.78 is 17.2. The van der Waals surface area contributed by atoms with E-state index in [9.17, 15) is 14.0 Å². The molecule has 0 atom stereocenters. The van der Waals surface area contributed by atoms with Gasteiger partial charge >= 0.3 is 0 Å². The molecule has 0 aliphatic rings. The van der Waals surface area contributed by atoms with Gasteiger partial charge in [-0.1, -0.05) is 0 Å². The van der Waals surface area contributed by atoms with Crippen LogP contribution >= 0.6 is 0 Å². The van der Waals surface area contributed by atoms with Gasteiger partial charge in [-0.3, -0.25) is 9.59 Å². The first kappa shape index (κ1) is 15.2. The Balaban J connectivity index is 0.000000204. The van der Waals surface area contributed by atoms with E-state index in [1.54, 1.807) is 0 Å². The van der Waals surface area contributed by atoms with Crippen LogP contribution in [0, 0.1) is 5.82 Å². The van der Waals surface area contributed by atoms with Crippen LogP contribution in [0.5, 0.6) is 5.88 Å². The molecule has 7 nitrogen and oxygen atoms in total. The van der Waals surface area contributed by atoms with E-state index in [4.69, 9.17) is 5.73 Å². The molecular formula is C12H11FN4O3. The lowest BCUT2D eigenvalue weighted by Gasteiger charge is -1.98. The first-order valence-corrected chi connectivity index (χ1v) is 5.28. The minimum atomic E-state index is -0.628. The molecule has 0 bridgehead atoms.